The lowest BCUT2D eigenvalue weighted by atomic mass is 9.95. The molecule has 0 aromatic heterocycles. The van der Waals surface area contributed by atoms with Gasteiger partial charge in [-0.1, -0.05) is 11.6 Å². The van der Waals surface area contributed by atoms with Crippen molar-refractivity contribution in [1.82, 2.24) is 4.31 Å². The van der Waals surface area contributed by atoms with Crippen LogP contribution < -0.4 is 5.73 Å². The van der Waals surface area contributed by atoms with E-state index in [4.69, 9.17) is 22.4 Å². The number of amides is 1. The molecule has 126 valence electrons. The van der Waals surface area contributed by atoms with E-state index in [1.54, 1.807) is 6.92 Å². The molecular formula is C14H17ClN2O5S. The summed E-state index contributed by atoms with van der Waals surface area (Å²) in [5, 5.41) is 8.79. The van der Waals surface area contributed by atoms with E-state index in [1.807, 2.05) is 0 Å². The summed E-state index contributed by atoms with van der Waals surface area (Å²) in [6.45, 7) is 1.76. The van der Waals surface area contributed by atoms with Crippen LogP contribution in [-0.2, 0) is 14.8 Å². The highest BCUT2D eigenvalue weighted by Crippen LogP contribution is 2.30. The second-order valence-corrected chi connectivity index (χ2v) is 7.84. The lowest BCUT2D eigenvalue weighted by molar-refractivity contribution is -0.123. The molecule has 2 rings (SSSR count). The van der Waals surface area contributed by atoms with Gasteiger partial charge < -0.3 is 10.8 Å². The molecule has 1 aromatic rings. The van der Waals surface area contributed by atoms with Gasteiger partial charge in [0.15, 0.2) is 0 Å². The van der Waals surface area contributed by atoms with Crippen molar-refractivity contribution in [2.24, 2.45) is 11.7 Å². The third kappa shape index (κ3) is 3.49. The van der Waals surface area contributed by atoms with Crippen LogP contribution in [0.2, 0.25) is 5.02 Å². The molecule has 1 fully saturated rings. The first kappa shape index (κ1) is 17.7. The number of primary amides is 1. The van der Waals surface area contributed by atoms with Gasteiger partial charge >= 0.3 is 5.97 Å². The van der Waals surface area contributed by atoms with Crippen LogP contribution in [0.3, 0.4) is 0 Å². The Balaban J connectivity index is 2.38. The maximum Gasteiger partial charge on any atom is 0.337 e. The van der Waals surface area contributed by atoms with Gasteiger partial charge in [0.2, 0.25) is 15.9 Å². The third-order valence-corrected chi connectivity index (χ3v) is 6.29. The van der Waals surface area contributed by atoms with Crippen LogP contribution in [0.1, 0.15) is 30.1 Å². The van der Waals surface area contributed by atoms with Crippen LogP contribution in [0.25, 0.3) is 0 Å². The molecule has 9 heteroatoms. The zero-order chi connectivity index (χ0) is 17.4. The summed E-state index contributed by atoms with van der Waals surface area (Å²) < 4.78 is 26.8. The van der Waals surface area contributed by atoms with Crippen LogP contribution in [-0.4, -0.2) is 42.3 Å². The molecule has 2 unspecified atom stereocenters. The minimum Gasteiger partial charge on any atom is -0.478 e. The SMILES string of the molecule is CC1CCC(C(N)=O)CN1S(=O)(=O)c1ccc(C(=O)O)c(Cl)c1. The number of nitrogens with two attached hydrogens (primary N) is 1. The fourth-order valence-corrected chi connectivity index (χ4v) is 4.67. The van der Waals surface area contributed by atoms with Crippen LogP contribution in [0.15, 0.2) is 23.1 Å². The summed E-state index contributed by atoms with van der Waals surface area (Å²) in [4.78, 5) is 22.2. The fraction of sp³-hybridized carbons (Fsp3) is 0.429. The van der Waals surface area contributed by atoms with Gasteiger partial charge in [-0.2, -0.15) is 4.31 Å². The number of piperidine rings is 1. The van der Waals surface area contributed by atoms with Gasteiger partial charge in [0.1, 0.15) is 0 Å². The van der Waals surface area contributed by atoms with E-state index in [0.717, 1.165) is 12.1 Å². The number of carboxylic acid groups (broad SMARTS) is 1. The van der Waals surface area contributed by atoms with Gasteiger partial charge in [0.25, 0.3) is 0 Å². The van der Waals surface area contributed by atoms with Crippen LogP contribution in [0.4, 0.5) is 0 Å². The molecule has 0 bridgehead atoms. The number of hydrogen-bond acceptors (Lipinski definition) is 4. The second kappa shape index (κ2) is 6.46. The Labute approximate surface area is 139 Å². The van der Waals surface area contributed by atoms with Crippen molar-refractivity contribution in [1.29, 1.82) is 0 Å². The number of aromatic carboxylic acids is 1. The average molecular weight is 361 g/mol. The van der Waals surface area contributed by atoms with E-state index in [9.17, 15) is 18.0 Å². The van der Waals surface area contributed by atoms with Crippen molar-refractivity contribution in [3.05, 3.63) is 28.8 Å². The van der Waals surface area contributed by atoms with Crippen molar-refractivity contribution in [2.45, 2.75) is 30.7 Å². The lowest BCUT2D eigenvalue weighted by Gasteiger charge is -2.35. The molecule has 0 radical (unpaired) electrons. The van der Waals surface area contributed by atoms with Gasteiger partial charge in [-0.3, -0.25) is 4.79 Å². The lowest BCUT2D eigenvalue weighted by Crippen LogP contribution is -2.48. The number of benzene rings is 1. The summed E-state index contributed by atoms with van der Waals surface area (Å²) in [6.07, 6.45) is 1.06. The Morgan fingerprint density at radius 3 is 2.52 bits per heavy atom. The van der Waals surface area contributed by atoms with Crippen molar-refractivity contribution < 1.29 is 23.1 Å². The van der Waals surface area contributed by atoms with E-state index in [2.05, 4.69) is 0 Å². The first-order chi connectivity index (χ1) is 10.6. The highest BCUT2D eigenvalue weighted by atomic mass is 35.5. The molecule has 1 aliphatic heterocycles. The number of nitrogens with zero attached hydrogens (tertiary/aromatic N) is 1. The van der Waals surface area contributed by atoms with E-state index < -0.39 is 27.8 Å². The summed E-state index contributed by atoms with van der Waals surface area (Å²) in [6, 6.07) is 3.18. The molecule has 3 N–H and O–H groups in total. The molecule has 0 saturated carbocycles. The summed E-state index contributed by atoms with van der Waals surface area (Å²) in [5.41, 5.74) is 5.11. The van der Waals surface area contributed by atoms with Crippen molar-refractivity contribution in [3.63, 3.8) is 0 Å². The van der Waals surface area contributed by atoms with Gasteiger partial charge in [-0.25, -0.2) is 13.2 Å². The molecular weight excluding hydrogens is 344 g/mol. The zero-order valence-corrected chi connectivity index (χ0v) is 14.0. The molecule has 23 heavy (non-hydrogen) atoms. The van der Waals surface area contributed by atoms with E-state index in [-0.39, 0.29) is 28.1 Å². The second-order valence-electron chi connectivity index (χ2n) is 5.55. The largest absolute Gasteiger partial charge is 0.478 e. The molecule has 0 aliphatic carbocycles. The van der Waals surface area contributed by atoms with Crippen molar-refractivity contribution in [2.75, 3.05) is 6.54 Å². The Morgan fingerprint density at radius 2 is 2.00 bits per heavy atom. The molecule has 1 amide bonds. The number of rotatable bonds is 4. The Kier molecular flexibility index (Phi) is 4.98. The first-order valence-electron chi connectivity index (χ1n) is 6.98. The number of carbonyl (C=O) groups excluding carboxylic acids is 1. The van der Waals surface area contributed by atoms with Gasteiger partial charge in [0.05, 0.1) is 21.4 Å². The highest BCUT2D eigenvalue weighted by molar-refractivity contribution is 7.89. The van der Waals surface area contributed by atoms with Gasteiger partial charge in [0, 0.05) is 12.6 Å². The minimum atomic E-state index is -3.89. The number of hydrogen-bond donors (Lipinski definition) is 2. The predicted octanol–water partition coefficient (Wildman–Crippen LogP) is 1.31. The number of sulfonamides is 1. The standard InChI is InChI=1S/C14H17ClN2O5S/c1-8-2-3-9(13(16)18)7-17(8)23(21,22)10-4-5-11(14(19)20)12(15)6-10/h4-6,8-9H,2-3,7H2,1H3,(H2,16,18)(H,19,20). The predicted molar refractivity (Wildman–Crippen MR) is 83.7 cm³/mol. The highest BCUT2D eigenvalue weighted by Gasteiger charge is 2.37. The van der Waals surface area contributed by atoms with Crippen LogP contribution in [0.5, 0.6) is 0 Å². The Hall–Kier alpha value is -1.64. The fourth-order valence-electron chi connectivity index (χ4n) is 2.61. The monoisotopic (exact) mass is 360 g/mol. The minimum absolute atomic E-state index is 0.0110. The van der Waals surface area contributed by atoms with Crippen molar-refractivity contribution in [3.8, 4) is 0 Å². The summed E-state index contributed by atoms with van der Waals surface area (Å²) in [7, 11) is -3.89. The first-order valence-corrected chi connectivity index (χ1v) is 8.80. The molecule has 1 saturated heterocycles. The molecule has 1 heterocycles. The van der Waals surface area contributed by atoms with E-state index in [0.29, 0.717) is 12.8 Å². The number of halogens is 1. The maximum absolute atomic E-state index is 12.8. The van der Waals surface area contributed by atoms with E-state index >= 15 is 0 Å². The maximum atomic E-state index is 12.8. The quantitative estimate of drug-likeness (QED) is 0.839. The Morgan fingerprint density at radius 1 is 1.35 bits per heavy atom. The van der Waals surface area contributed by atoms with E-state index in [1.165, 1.54) is 10.4 Å². The van der Waals surface area contributed by atoms with Crippen molar-refractivity contribution >= 4 is 33.5 Å². The molecule has 1 aromatic carbocycles. The smallest absolute Gasteiger partial charge is 0.337 e. The van der Waals surface area contributed by atoms with Gasteiger partial charge in [-0.15, -0.1) is 0 Å². The third-order valence-electron chi connectivity index (χ3n) is 4.00. The van der Waals surface area contributed by atoms with Crippen LogP contribution >= 0.6 is 11.6 Å². The summed E-state index contributed by atoms with van der Waals surface area (Å²) in [5.74, 6) is -2.30. The normalized spacial score (nSPS) is 22.7. The molecule has 2 atom stereocenters. The van der Waals surface area contributed by atoms with Gasteiger partial charge in [-0.05, 0) is 38.0 Å². The Bertz CT molecular complexity index is 750. The molecule has 1 aliphatic rings. The number of carboxylic acids is 1. The average Bonchev–Trinajstić information content (AvgIpc) is 2.46. The number of carbonyl (C=O) groups is 2. The summed E-state index contributed by atoms with van der Waals surface area (Å²) >= 11 is 5.85. The molecule has 0 spiro atoms. The zero-order valence-electron chi connectivity index (χ0n) is 12.4. The van der Waals surface area contributed by atoms with Crippen LogP contribution in [0, 0.1) is 5.92 Å². The molecule has 7 nitrogen and oxygen atoms in total. The topological polar surface area (TPSA) is 118 Å².